The van der Waals surface area contributed by atoms with Crippen LogP contribution >= 0.6 is 0 Å². The first-order valence-electron chi connectivity index (χ1n) is 6.67. The van der Waals surface area contributed by atoms with Crippen molar-refractivity contribution >= 4 is 5.91 Å². The molecule has 18 heavy (non-hydrogen) atoms. The van der Waals surface area contributed by atoms with Gasteiger partial charge in [-0.25, -0.2) is 0 Å². The zero-order chi connectivity index (χ0) is 13.4. The van der Waals surface area contributed by atoms with Gasteiger partial charge < -0.3 is 20.5 Å². The number of methoxy groups -OCH3 is 1. The Balaban J connectivity index is 2.22. The van der Waals surface area contributed by atoms with Crippen molar-refractivity contribution in [1.82, 2.24) is 5.32 Å². The van der Waals surface area contributed by atoms with Gasteiger partial charge in [-0.3, -0.25) is 4.79 Å². The van der Waals surface area contributed by atoms with Gasteiger partial charge in [0.15, 0.2) is 0 Å². The van der Waals surface area contributed by atoms with Gasteiger partial charge in [-0.2, -0.15) is 0 Å². The molecule has 0 aliphatic carbocycles. The van der Waals surface area contributed by atoms with Crippen molar-refractivity contribution in [2.75, 3.05) is 33.5 Å². The van der Waals surface area contributed by atoms with Crippen LogP contribution in [0.25, 0.3) is 0 Å². The average Bonchev–Trinajstić information content (AvgIpc) is 2.37. The Morgan fingerprint density at radius 2 is 2.17 bits per heavy atom. The molecule has 0 aromatic heterocycles. The summed E-state index contributed by atoms with van der Waals surface area (Å²) in [6.07, 6.45) is 3.47. The molecular formula is C13H26N2O3. The van der Waals surface area contributed by atoms with Crippen LogP contribution in [0.4, 0.5) is 0 Å². The van der Waals surface area contributed by atoms with Gasteiger partial charge in [0, 0.05) is 33.5 Å². The van der Waals surface area contributed by atoms with E-state index in [-0.39, 0.29) is 11.3 Å². The third-order valence-corrected chi connectivity index (χ3v) is 3.59. The summed E-state index contributed by atoms with van der Waals surface area (Å²) in [4.78, 5) is 11.8. The van der Waals surface area contributed by atoms with Gasteiger partial charge in [0.25, 0.3) is 0 Å². The van der Waals surface area contributed by atoms with Crippen molar-refractivity contribution in [1.29, 1.82) is 0 Å². The highest BCUT2D eigenvalue weighted by molar-refractivity contribution is 5.81. The number of carbonyl (C=O) groups is 1. The van der Waals surface area contributed by atoms with Gasteiger partial charge in [0.1, 0.15) is 0 Å². The molecule has 1 saturated heterocycles. The number of ether oxygens (including phenoxy) is 2. The monoisotopic (exact) mass is 258 g/mol. The topological polar surface area (TPSA) is 73.6 Å². The fourth-order valence-corrected chi connectivity index (χ4v) is 2.05. The lowest BCUT2D eigenvalue weighted by molar-refractivity contribution is -0.123. The molecule has 3 N–H and O–H groups in total. The molecule has 0 aromatic carbocycles. The van der Waals surface area contributed by atoms with Crippen molar-refractivity contribution in [3.05, 3.63) is 0 Å². The van der Waals surface area contributed by atoms with Crippen LogP contribution in [0.1, 0.15) is 32.6 Å². The highest BCUT2D eigenvalue weighted by Gasteiger charge is 2.28. The van der Waals surface area contributed by atoms with Crippen LogP contribution in [-0.4, -0.2) is 45.4 Å². The van der Waals surface area contributed by atoms with E-state index in [1.807, 2.05) is 0 Å². The predicted octanol–water partition coefficient (Wildman–Crippen LogP) is 0.673. The number of carbonyl (C=O) groups excluding carboxylic acids is 1. The summed E-state index contributed by atoms with van der Waals surface area (Å²) in [6.45, 7) is 5.09. The number of hydrogen-bond donors (Lipinski definition) is 2. The first-order valence-corrected chi connectivity index (χ1v) is 6.67. The number of amides is 1. The molecule has 1 rings (SSSR count). The maximum atomic E-state index is 11.8. The SMILES string of the molecule is COCCCC(N)C(=O)NCC1(C)CCOCC1. The van der Waals surface area contributed by atoms with E-state index in [2.05, 4.69) is 12.2 Å². The number of rotatable bonds is 7. The van der Waals surface area contributed by atoms with E-state index in [0.717, 1.165) is 32.5 Å². The van der Waals surface area contributed by atoms with Crippen molar-refractivity contribution < 1.29 is 14.3 Å². The van der Waals surface area contributed by atoms with Crippen molar-refractivity contribution in [3.63, 3.8) is 0 Å². The van der Waals surface area contributed by atoms with Crippen molar-refractivity contribution in [2.24, 2.45) is 11.1 Å². The van der Waals surface area contributed by atoms with Crippen LogP contribution in [0, 0.1) is 5.41 Å². The molecular weight excluding hydrogens is 232 g/mol. The smallest absolute Gasteiger partial charge is 0.236 e. The van der Waals surface area contributed by atoms with E-state index >= 15 is 0 Å². The number of nitrogens with one attached hydrogen (secondary N) is 1. The Bertz CT molecular complexity index is 253. The van der Waals surface area contributed by atoms with Crippen LogP contribution in [0.5, 0.6) is 0 Å². The van der Waals surface area contributed by atoms with Gasteiger partial charge >= 0.3 is 0 Å². The summed E-state index contributed by atoms with van der Waals surface area (Å²) < 4.78 is 10.3. The lowest BCUT2D eigenvalue weighted by Crippen LogP contribution is -2.46. The average molecular weight is 258 g/mol. The quantitative estimate of drug-likeness (QED) is 0.658. The van der Waals surface area contributed by atoms with Gasteiger partial charge in [0.05, 0.1) is 6.04 Å². The van der Waals surface area contributed by atoms with Gasteiger partial charge in [-0.05, 0) is 31.1 Å². The summed E-state index contributed by atoms with van der Waals surface area (Å²) in [7, 11) is 1.65. The summed E-state index contributed by atoms with van der Waals surface area (Å²) in [6, 6.07) is -0.427. The molecule has 0 saturated carbocycles. The Morgan fingerprint density at radius 3 is 2.78 bits per heavy atom. The Morgan fingerprint density at radius 1 is 1.50 bits per heavy atom. The fraction of sp³-hybridized carbons (Fsp3) is 0.923. The maximum Gasteiger partial charge on any atom is 0.236 e. The van der Waals surface area contributed by atoms with Crippen molar-refractivity contribution in [3.8, 4) is 0 Å². The fourth-order valence-electron chi connectivity index (χ4n) is 2.05. The molecule has 5 heteroatoms. The number of nitrogens with two attached hydrogens (primary N) is 1. The van der Waals surface area contributed by atoms with E-state index in [9.17, 15) is 4.79 Å². The molecule has 0 bridgehead atoms. The maximum absolute atomic E-state index is 11.8. The minimum absolute atomic E-state index is 0.0566. The normalized spacial score (nSPS) is 20.4. The molecule has 1 heterocycles. The van der Waals surface area contributed by atoms with Crippen molar-refractivity contribution in [2.45, 2.75) is 38.6 Å². The first kappa shape index (κ1) is 15.4. The van der Waals surface area contributed by atoms with Crippen LogP contribution in [-0.2, 0) is 14.3 Å². The summed E-state index contributed by atoms with van der Waals surface area (Å²) in [5.41, 5.74) is 5.98. The van der Waals surface area contributed by atoms with Gasteiger partial charge in [-0.15, -0.1) is 0 Å². The predicted molar refractivity (Wildman–Crippen MR) is 70.3 cm³/mol. The second kappa shape index (κ2) is 7.71. The zero-order valence-corrected chi connectivity index (χ0v) is 11.5. The second-order valence-corrected chi connectivity index (χ2v) is 5.38. The minimum Gasteiger partial charge on any atom is -0.385 e. The minimum atomic E-state index is -0.427. The van der Waals surface area contributed by atoms with Crippen LogP contribution in [0.15, 0.2) is 0 Å². The standard InChI is InChI=1S/C13H26N2O3/c1-13(5-8-18-9-6-13)10-15-12(16)11(14)4-3-7-17-2/h11H,3-10,14H2,1-2H3,(H,15,16). The molecule has 0 aromatic rings. The zero-order valence-electron chi connectivity index (χ0n) is 11.5. The first-order chi connectivity index (χ1) is 8.57. The van der Waals surface area contributed by atoms with Gasteiger partial charge in [-0.1, -0.05) is 6.92 Å². The molecule has 1 amide bonds. The third-order valence-electron chi connectivity index (χ3n) is 3.59. The van der Waals surface area contributed by atoms with E-state index in [1.54, 1.807) is 7.11 Å². The largest absolute Gasteiger partial charge is 0.385 e. The Hall–Kier alpha value is -0.650. The molecule has 5 nitrogen and oxygen atoms in total. The van der Waals surface area contributed by atoms with Crippen LogP contribution in [0.2, 0.25) is 0 Å². The molecule has 0 radical (unpaired) electrons. The van der Waals surface area contributed by atoms with E-state index in [4.69, 9.17) is 15.2 Å². The highest BCUT2D eigenvalue weighted by Crippen LogP contribution is 2.28. The lowest BCUT2D eigenvalue weighted by atomic mass is 9.82. The molecule has 1 fully saturated rings. The third kappa shape index (κ3) is 5.33. The molecule has 1 aliphatic heterocycles. The van der Waals surface area contributed by atoms with E-state index < -0.39 is 6.04 Å². The summed E-state index contributed by atoms with van der Waals surface area (Å²) in [5.74, 6) is -0.0566. The molecule has 106 valence electrons. The summed E-state index contributed by atoms with van der Waals surface area (Å²) in [5, 5.41) is 2.96. The van der Waals surface area contributed by atoms with Crippen LogP contribution < -0.4 is 11.1 Å². The highest BCUT2D eigenvalue weighted by atomic mass is 16.5. The number of hydrogen-bond acceptors (Lipinski definition) is 4. The molecule has 1 atom stereocenters. The molecule has 1 unspecified atom stereocenters. The molecule has 0 spiro atoms. The lowest BCUT2D eigenvalue weighted by Gasteiger charge is -2.33. The Labute approximate surface area is 109 Å². The van der Waals surface area contributed by atoms with Gasteiger partial charge in [0.2, 0.25) is 5.91 Å². The summed E-state index contributed by atoms with van der Waals surface area (Å²) >= 11 is 0. The van der Waals surface area contributed by atoms with E-state index in [0.29, 0.717) is 19.6 Å². The molecule has 1 aliphatic rings. The van der Waals surface area contributed by atoms with Crippen LogP contribution in [0.3, 0.4) is 0 Å². The van der Waals surface area contributed by atoms with E-state index in [1.165, 1.54) is 0 Å². The second-order valence-electron chi connectivity index (χ2n) is 5.38. The Kier molecular flexibility index (Phi) is 6.60.